The monoisotopic (exact) mass is 1260 g/mol. The summed E-state index contributed by atoms with van der Waals surface area (Å²) in [5.74, 6) is -0.819. The molecule has 0 aliphatic carbocycles. The second-order valence-electron chi connectivity index (χ2n) is 27.0. The van der Waals surface area contributed by atoms with Gasteiger partial charge in [-0.1, -0.05) is 344 Å². The minimum absolute atomic E-state index is 0.0307. The smallest absolute Gasteiger partial charge is 0.306 e. The number of hydrogen-bond donors (Lipinski definition) is 0. The molecule has 10 heteroatoms. The predicted octanol–water partition coefficient (Wildman–Crippen LogP) is 24.3. The lowest BCUT2D eigenvalue weighted by Crippen LogP contribution is -2.37. The fraction of sp³-hybridized carbons (Fsp3) is 0.846. The van der Waals surface area contributed by atoms with Crippen LogP contribution < -0.4 is 4.89 Å². The van der Waals surface area contributed by atoms with E-state index in [9.17, 15) is 19.0 Å². The third-order valence-corrected chi connectivity index (χ3v) is 18.0. The summed E-state index contributed by atoms with van der Waals surface area (Å²) in [5, 5.41) is 0. The summed E-state index contributed by atoms with van der Waals surface area (Å²) in [6.45, 7) is 4.18. The van der Waals surface area contributed by atoms with Crippen LogP contribution in [0.4, 0.5) is 0 Å². The van der Waals surface area contributed by atoms with E-state index in [1.165, 1.54) is 276 Å². The van der Waals surface area contributed by atoms with Gasteiger partial charge in [-0.25, -0.2) is 0 Å². The summed E-state index contributed by atoms with van der Waals surface area (Å²) < 4.78 is 34.4. The summed E-state index contributed by atoms with van der Waals surface area (Å²) >= 11 is 0. The van der Waals surface area contributed by atoms with Crippen molar-refractivity contribution >= 4 is 19.8 Å². The highest BCUT2D eigenvalue weighted by Gasteiger charge is 2.22. The lowest BCUT2D eigenvalue weighted by Gasteiger charge is -2.28. The first-order valence-corrected chi connectivity index (χ1v) is 39.5. The van der Waals surface area contributed by atoms with Crippen molar-refractivity contribution in [1.29, 1.82) is 0 Å². The van der Waals surface area contributed by atoms with Crippen molar-refractivity contribution in [2.75, 3.05) is 47.5 Å². The van der Waals surface area contributed by atoms with Gasteiger partial charge in [-0.2, -0.15) is 0 Å². The highest BCUT2D eigenvalue weighted by molar-refractivity contribution is 7.45. The number of unbranched alkanes of at least 4 members (excludes halogenated alkanes) is 47. The van der Waals surface area contributed by atoms with Crippen LogP contribution in [0, 0.1) is 0 Å². The molecule has 0 bridgehead atoms. The van der Waals surface area contributed by atoms with Crippen LogP contribution in [0.2, 0.25) is 0 Å². The molecule has 0 aliphatic heterocycles. The van der Waals surface area contributed by atoms with Crippen molar-refractivity contribution in [1.82, 2.24) is 0 Å². The maximum absolute atomic E-state index is 12.9. The summed E-state index contributed by atoms with van der Waals surface area (Å²) in [6.07, 6.45) is 92.0. The Labute approximate surface area is 546 Å². The molecule has 0 aliphatic rings. The Bertz CT molecular complexity index is 1670. The van der Waals surface area contributed by atoms with E-state index in [1.807, 2.05) is 21.1 Å². The normalized spacial score (nSPS) is 13.4. The van der Waals surface area contributed by atoms with Crippen LogP contribution in [0.25, 0.3) is 0 Å². The second kappa shape index (κ2) is 69.1. The number of nitrogens with zero attached hydrogens (tertiary/aromatic N) is 1. The molecule has 0 saturated carbocycles. The molecule has 88 heavy (non-hydrogen) atoms. The molecule has 0 aromatic heterocycles. The minimum Gasteiger partial charge on any atom is -0.756 e. The van der Waals surface area contributed by atoms with Gasteiger partial charge in [-0.15, -0.1) is 0 Å². The number of hydrogen-bond acceptors (Lipinski definition) is 8. The number of ether oxygens (including phenoxy) is 2. The molecule has 9 nitrogen and oxygen atoms in total. The van der Waals surface area contributed by atoms with E-state index in [4.69, 9.17) is 18.5 Å². The van der Waals surface area contributed by atoms with Gasteiger partial charge < -0.3 is 27.9 Å². The molecular weight excluding hydrogens is 1110 g/mol. The van der Waals surface area contributed by atoms with Crippen molar-refractivity contribution < 1.29 is 42.1 Å². The number of carbonyl (C=O) groups excluding carboxylic acids is 2. The van der Waals surface area contributed by atoms with Crippen LogP contribution >= 0.6 is 7.82 Å². The van der Waals surface area contributed by atoms with Gasteiger partial charge >= 0.3 is 11.9 Å². The quantitative estimate of drug-likeness (QED) is 0.0195. The zero-order valence-corrected chi connectivity index (χ0v) is 59.8. The van der Waals surface area contributed by atoms with E-state index in [0.717, 1.165) is 64.2 Å². The van der Waals surface area contributed by atoms with Gasteiger partial charge in [0.05, 0.1) is 27.7 Å². The van der Waals surface area contributed by atoms with Crippen molar-refractivity contribution in [3.8, 4) is 0 Å². The van der Waals surface area contributed by atoms with Crippen LogP contribution in [0.3, 0.4) is 0 Å². The van der Waals surface area contributed by atoms with Gasteiger partial charge in [0.25, 0.3) is 7.82 Å². The van der Waals surface area contributed by atoms with Gasteiger partial charge in [0.15, 0.2) is 6.10 Å². The summed E-state index contributed by atoms with van der Waals surface area (Å²) in [7, 11) is 1.18. The largest absolute Gasteiger partial charge is 0.756 e. The minimum atomic E-state index is -4.64. The van der Waals surface area contributed by atoms with Crippen molar-refractivity contribution in [3.63, 3.8) is 0 Å². The molecule has 0 aromatic carbocycles. The number of likely N-dealkylation sites (N-methyl/N-ethyl adjacent to an activating group) is 1. The summed E-state index contributed by atoms with van der Waals surface area (Å²) in [5.41, 5.74) is 0. The second-order valence-corrected chi connectivity index (χ2v) is 28.4. The number of allylic oxidation sites excluding steroid dienone is 10. The van der Waals surface area contributed by atoms with Crippen molar-refractivity contribution in [2.45, 2.75) is 380 Å². The summed E-state index contributed by atoms with van der Waals surface area (Å²) in [4.78, 5) is 38.1. The fourth-order valence-electron chi connectivity index (χ4n) is 11.2. The lowest BCUT2D eigenvalue weighted by molar-refractivity contribution is -0.870. The molecule has 0 spiro atoms. The number of carbonyl (C=O) groups is 2. The van der Waals surface area contributed by atoms with Gasteiger partial charge in [-0.3, -0.25) is 14.2 Å². The van der Waals surface area contributed by atoms with Crippen LogP contribution in [-0.4, -0.2) is 70.0 Å². The van der Waals surface area contributed by atoms with Crippen LogP contribution in [-0.2, 0) is 32.7 Å². The molecule has 0 rings (SSSR count). The number of phosphoric ester groups is 1. The Balaban J connectivity index is 3.90. The van der Waals surface area contributed by atoms with E-state index < -0.39 is 26.5 Å². The Hall–Kier alpha value is -2.29. The summed E-state index contributed by atoms with van der Waals surface area (Å²) in [6, 6.07) is 0. The lowest BCUT2D eigenvalue weighted by atomic mass is 10.0. The van der Waals surface area contributed by atoms with E-state index in [-0.39, 0.29) is 32.0 Å². The third-order valence-electron chi connectivity index (χ3n) is 17.0. The number of esters is 2. The zero-order valence-electron chi connectivity index (χ0n) is 58.9. The van der Waals surface area contributed by atoms with Crippen LogP contribution in [0.1, 0.15) is 373 Å². The first kappa shape index (κ1) is 85.7. The fourth-order valence-corrected chi connectivity index (χ4v) is 12.0. The van der Waals surface area contributed by atoms with Crippen LogP contribution in [0.5, 0.6) is 0 Å². The van der Waals surface area contributed by atoms with Gasteiger partial charge in [0.2, 0.25) is 0 Å². The van der Waals surface area contributed by atoms with E-state index >= 15 is 0 Å². The Morgan fingerprint density at radius 3 is 0.977 bits per heavy atom. The molecule has 0 heterocycles. The van der Waals surface area contributed by atoms with Crippen molar-refractivity contribution in [2.24, 2.45) is 0 Å². The zero-order chi connectivity index (χ0) is 64.1. The standard InChI is InChI=1S/C78H146NO8P/c1-6-8-10-12-14-16-18-20-22-24-26-28-30-32-33-34-35-36-37-38-39-40-41-42-43-44-45-47-48-50-52-54-56-58-60-62-64-66-68-70-77(80)84-74-76(75-86-88(82,83)85-73-72-79(3,4)5)87-78(81)71-69-67-65-63-61-59-57-55-53-51-49-46-31-29-27-25-23-21-19-17-15-13-11-9-7-2/h9,11,15,17,21,23-24,26-27,29,76H,6-8,10,12-14,16,18-20,22,25,28,30-75H2,1-5H3/b11-9-,17-15-,23-21-,26-24-,29-27-. The predicted molar refractivity (Wildman–Crippen MR) is 379 cm³/mol. The molecule has 2 unspecified atom stereocenters. The van der Waals surface area contributed by atoms with Gasteiger partial charge in [0, 0.05) is 12.8 Å². The highest BCUT2D eigenvalue weighted by atomic mass is 31.2. The van der Waals surface area contributed by atoms with E-state index in [1.54, 1.807) is 0 Å². The molecule has 0 amide bonds. The van der Waals surface area contributed by atoms with Gasteiger partial charge in [0.1, 0.15) is 19.8 Å². The van der Waals surface area contributed by atoms with Crippen LogP contribution in [0.15, 0.2) is 60.8 Å². The molecule has 0 N–H and O–H groups in total. The molecule has 0 saturated heterocycles. The highest BCUT2D eigenvalue weighted by Crippen LogP contribution is 2.38. The molecule has 516 valence electrons. The molecule has 0 radical (unpaired) electrons. The molecule has 0 fully saturated rings. The average molecular weight is 1260 g/mol. The van der Waals surface area contributed by atoms with Gasteiger partial charge in [-0.05, 0) is 77.0 Å². The average Bonchev–Trinajstić information content (AvgIpc) is 3.57. The number of phosphoric acid groups is 1. The number of quaternary nitrogens is 1. The first-order valence-electron chi connectivity index (χ1n) is 38.0. The Morgan fingerprint density at radius 2 is 0.648 bits per heavy atom. The maximum Gasteiger partial charge on any atom is 0.306 e. The Morgan fingerprint density at radius 1 is 0.364 bits per heavy atom. The molecular formula is C78H146NO8P. The third kappa shape index (κ3) is 72.8. The van der Waals surface area contributed by atoms with E-state index in [2.05, 4.69) is 74.6 Å². The SMILES string of the molecule is CC/C=C\C/C=C\C/C=C\C/C=C\CCCCCCCCCCCCCCC(=O)OC(COC(=O)CCCCCCCCCCCCCCCCCCCCCCCCCCCCC/C=C\CCCCCCCCCC)COP(=O)([O-])OCC[N+](C)(C)C. The maximum atomic E-state index is 12.9. The van der Waals surface area contributed by atoms with Crippen molar-refractivity contribution in [3.05, 3.63) is 60.8 Å². The first-order chi connectivity index (χ1) is 43.0. The Kier molecular flexibility index (Phi) is 67.3. The van der Waals surface area contributed by atoms with E-state index in [0.29, 0.717) is 17.4 Å². The molecule has 0 aromatic rings. The molecule has 2 atom stereocenters. The topological polar surface area (TPSA) is 111 Å². The number of rotatable bonds is 71.